The smallest absolute Gasteiger partial charge is 0.254 e. The molecule has 1 saturated heterocycles. The Morgan fingerprint density at radius 1 is 0.967 bits per heavy atom. The summed E-state index contributed by atoms with van der Waals surface area (Å²) in [6.45, 7) is 1.11. The number of halogens is 1. The van der Waals surface area contributed by atoms with Crippen LogP contribution in [0.1, 0.15) is 15.9 Å². The summed E-state index contributed by atoms with van der Waals surface area (Å²) in [5.74, 6) is -1.11. The molecule has 1 N–H and O–H groups in total. The summed E-state index contributed by atoms with van der Waals surface area (Å²) in [5.41, 5.74) is 3.60. The average molecular weight is 402 g/mol. The van der Waals surface area contributed by atoms with Gasteiger partial charge in [0.05, 0.1) is 5.92 Å². The van der Waals surface area contributed by atoms with Gasteiger partial charge in [0.2, 0.25) is 5.91 Å². The van der Waals surface area contributed by atoms with Gasteiger partial charge in [-0.2, -0.15) is 0 Å². The highest BCUT2D eigenvalue weighted by Gasteiger charge is 2.28. The Balaban J connectivity index is 1.48. The average Bonchev–Trinajstić information content (AvgIpc) is 2.96. The molecule has 3 aromatic carbocycles. The summed E-state index contributed by atoms with van der Waals surface area (Å²) in [5, 5.41) is 2.89. The molecule has 0 spiro atoms. The van der Waals surface area contributed by atoms with Crippen molar-refractivity contribution < 1.29 is 14.0 Å². The van der Waals surface area contributed by atoms with Crippen molar-refractivity contribution in [3.8, 4) is 11.1 Å². The standard InChI is InChI=1S/C25H23FN2O2/c26-23-8-4-7-21(16-23)25(30)28-14-13-27-24(29)22(17-28)15-18-9-11-20(12-10-18)19-5-2-1-3-6-19/h1-12,16,22H,13-15,17H2,(H,27,29)/t22-/m0/s1. The zero-order valence-electron chi connectivity index (χ0n) is 16.6. The number of nitrogens with zero attached hydrogens (tertiary/aromatic N) is 1. The zero-order valence-corrected chi connectivity index (χ0v) is 16.6. The molecule has 5 heteroatoms. The Morgan fingerprint density at radius 3 is 2.43 bits per heavy atom. The van der Waals surface area contributed by atoms with E-state index in [1.54, 1.807) is 11.0 Å². The molecule has 1 fully saturated rings. The molecule has 152 valence electrons. The van der Waals surface area contributed by atoms with E-state index in [0.29, 0.717) is 31.6 Å². The van der Waals surface area contributed by atoms with Crippen molar-refractivity contribution in [2.75, 3.05) is 19.6 Å². The van der Waals surface area contributed by atoms with E-state index in [1.165, 1.54) is 18.2 Å². The topological polar surface area (TPSA) is 49.4 Å². The number of nitrogens with one attached hydrogen (secondary N) is 1. The van der Waals surface area contributed by atoms with E-state index in [1.807, 2.05) is 30.3 Å². The van der Waals surface area contributed by atoms with Gasteiger partial charge in [-0.25, -0.2) is 4.39 Å². The van der Waals surface area contributed by atoms with E-state index >= 15 is 0 Å². The van der Waals surface area contributed by atoms with Gasteiger partial charge in [0, 0.05) is 25.2 Å². The highest BCUT2D eigenvalue weighted by atomic mass is 19.1. The van der Waals surface area contributed by atoms with E-state index in [0.717, 1.165) is 16.7 Å². The summed E-state index contributed by atoms with van der Waals surface area (Å²) in [4.78, 5) is 27.0. The van der Waals surface area contributed by atoms with Crippen molar-refractivity contribution in [3.05, 3.63) is 95.8 Å². The number of hydrogen-bond donors (Lipinski definition) is 1. The van der Waals surface area contributed by atoms with Gasteiger partial charge in [-0.15, -0.1) is 0 Å². The maximum absolute atomic E-state index is 13.5. The lowest BCUT2D eigenvalue weighted by Gasteiger charge is -2.23. The lowest BCUT2D eigenvalue weighted by atomic mass is 9.96. The molecular weight excluding hydrogens is 379 g/mol. The van der Waals surface area contributed by atoms with Crippen LogP contribution in [0.3, 0.4) is 0 Å². The first-order valence-electron chi connectivity index (χ1n) is 10.1. The molecule has 4 rings (SSSR count). The van der Waals surface area contributed by atoms with Crippen molar-refractivity contribution >= 4 is 11.8 Å². The molecule has 4 nitrogen and oxygen atoms in total. The van der Waals surface area contributed by atoms with Crippen LogP contribution in [0.2, 0.25) is 0 Å². The summed E-state index contributed by atoms with van der Waals surface area (Å²) in [7, 11) is 0. The van der Waals surface area contributed by atoms with E-state index in [2.05, 4.69) is 29.6 Å². The van der Waals surface area contributed by atoms with Crippen LogP contribution >= 0.6 is 0 Å². The van der Waals surface area contributed by atoms with Gasteiger partial charge in [0.1, 0.15) is 5.82 Å². The molecule has 0 radical (unpaired) electrons. The first-order chi connectivity index (χ1) is 14.6. The highest BCUT2D eigenvalue weighted by molar-refractivity contribution is 5.95. The summed E-state index contributed by atoms with van der Waals surface area (Å²) in [6.07, 6.45) is 0.536. The second kappa shape index (κ2) is 8.91. The van der Waals surface area contributed by atoms with Crippen molar-refractivity contribution in [1.29, 1.82) is 0 Å². The quantitative estimate of drug-likeness (QED) is 0.719. The summed E-state index contributed by atoms with van der Waals surface area (Å²) < 4.78 is 13.5. The lowest BCUT2D eigenvalue weighted by Crippen LogP contribution is -2.37. The summed E-state index contributed by atoms with van der Waals surface area (Å²) >= 11 is 0. The molecule has 1 atom stereocenters. The van der Waals surface area contributed by atoms with Gasteiger partial charge in [-0.3, -0.25) is 9.59 Å². The maximum Gasteiger partial charge on any atom is 0.254 e. The van der Waals surface area contributed by atoms with Crippen molar-refractivity contribution in [3.63, 3.8) is 0 Å². The third-order valence-corrected chi connectivity index (χ3v) is 5.39. The van der Waals surface area contributed by atoms with E-state index in [4.69, 9.17) is 0 Å². The van der Waals surface area contributed by atoms with Gasteiger partial charge in [0.25, 0.3) is 5.91 Å². The minimum Gasteiger partial charge on any atom is -0.354 e. The molecule has 0 saturated carbocycles. The third-order valence-electron chi connectivity index (χ3n) is 5.39. The minimum atomic E-state index is -0.445. The van der Waals surface area contributed by atoms with Gasteiger partial charge in [-0.05, 0) is 41.3 Å². The molecular formula is C25H23FN2O2. The largest absolute Gasteiger partial charge is 0.354 e. The Labute approximate surface area is 175 Å². The van der Waals surface area contributed by atoms with Crippen molar-refractivity contribution in [2.24, 2.45) is 5.92 Å². The predicted octanol–water partition coefficient (Wildman–Crippen LogP) is 3.92. The summed E-state index contributed by atoms with van der Waals surface area (Å²) in [6, 6.07) is 23.9. The molecule has 1 aliphatic rings. The molecule has 1 heterocycles. The van der Waals surface area contributed by atoms with Crippen LogP contribution in [0.25, 0.3) is 11.1 Å². The van der Waals surface area contributed by atoms with Crippen LogP contribution in [0, 0.1) is 11.7 Å². The second-order valence-corrected chi connectivity index (χ2v) is 7.52. The molecule has 2 amide bonds. The number of carbonyl (C=O) groups is 2. The van der Waals surface area contributed by atoms with Gasteiger partial charge in [0.15, 0.2) is 0 Å². The fraction of sp³-hybridized carbons (Fsp3) is 0.200. The Morgan fingerprint density at radius 2 is 1.70 bits per heavy atom. The number of hydrogen-bond acceptors (Lipinski definition) is 2. The first kappa shape index (κ1) is 19.8. The molecule has 1 aliphatic heterocycles. The molecule has 0 bridgehead atoms. The number of carbonyl (C=O) groups excluding carboxylic acids is 2. The fourth-order valence-electron chi connectivity index (χ4n) is 3.79. The molecule has 0 aliphatic carbocycles. The van der Waals surface area contributed by atoms with Gasteiger partial charge < -0.3 is 10.2 Å². The van der Waals surface area contributed by atoms with Crippen LogP contribution in [-0.4, -0.2) is 36.3 Å². The fourth-order valence-corrected chi connectivity index (χ4v) is 3.79. The van der Waals surface area contributed by atoms with Crippen molar-refractivity contribution in [1.82, 2.24) is 10.2 Å². The van der Waals surface area contributed by atoms with Crippen LogP contribution in [0.15, 0.2) is 78.9 Å². The van der Waals surface area contributed by atoms with Crippen LogP contribution in [-0.2, 0) is 11.2 Å². The monoisotopic (exact) mass is 402 g/mol. The second-order valence-electron chi connectivity index (χ2n) is 7.52. The minimum absolute atomic E-state index is 0.0586. The lowest BCUT2D eigenvalue weighted by molar-refractivity contribution is -0.124. The van der Waals surface area contributed by atoms with Crippen LogP contribution < -0.4 is 5.32 Å². The first-order valence-corrected chi connectivity index (χ1v) is 10.1. The highest BCUT2D eigenvalue weighted by Crippen LogP contribution is 2.21. The molecule has 30 heavy (non-hydrogen) atoms. The third kappa shape index (κ3) is 4.57. The van der Waals surface area contributed by atoms with E-state index < -0.39 is 5.82 Å². The van der Waals surface area contributed by atoms with Gasteiger partial charge >= 0.3 is 0 Å². The normalized spacial score (nSPS) is 16.6. The van der Waals surface area contributed by atoms with Crippen molar-refractivity contribution in [2.45, 2.75) is 6.42 Å². The predicted molar refractivity (Wildman–Crippen MR) is 114 cm³/mol. The van der Waals surface area contributed by atoms with Crippen LogP contribution in [0.5, 0.6) is 0 Å². The Kier molecular flexibility index (Phi) is 5.89. The SMILES string of the molecule is O=C1NCCN(C(=O)c2cccc(F)c2)C[C@@H]1Cc1ccc(-c2ccccc2)cc1. The zero-order chi connectivity index (χ0) is 20.9. The van der Waals surface area contributed by atoms with E-state index in [9.17, 15) is 14.0 Å². The maximum atomic E-state index is 13.5. The Hall–Kier alpha value is -3.47. The molecule has 0 unspecified atom stereocenters. The number of amides is 2. The van der Waals surface area contributed by atoms with Gasteiger partial charge in [-0.1, -0.05) is 60.7 Å². The van der Waals surface area contributed by atoms with Crippen LogP contribution in [0.4, 0.5) is 4.39 Å². The molecule has 3 aromatic rings. The molecule has 0 aromatic heterocycles. The Bertz CT molecular complexity index is 1030. The van der Waals surface area contributed by atoms with E-state index in [-0.39, 0.29) is 17.7 Å². The number of benzene rings is 3. The number of rotatable bonds is 4.